The van der Waals surface area contributed by atoms with E-state index in [2.05, 4.69) is 41.1 Å². The molecule has 2 aliphatic carbocycles. The van der Waals surface area contributed by atoms with Crippen LogP contribution in [0.4, 0.5) is 0 Å². The number of hydrogen-bond acceptors (Lipinski definition) is 3. The van der Waals surface area contributed by atoms with Crippen molar-refractivity contribution < 1.29 is 9.29 Å². The average Bonchev–Trinajstić information content (AvgIpc) is 2.83. The zero-order valence-corrected chi connectivity index (χ0v) is 18.2. The number of benzene rings is 1. The first kappa shape index (κ1) is 19.4. The number of hydrogen-bond donors (Lipinski definition) is 0. The molecular formula is C20H28BrNO2S. The van der Waals surface area contributed by atoms with Crippen LogP contribution in [0.5, 0.6) is 0 Å². The van der Waals surface area contributed by atoms with Gasteiger partial charge in [0, 0.05) is 22.6 Å². The van der Waals surface area contributed by atoms with Crippen molar-refractivity contribution in [2.45, 2.75) is 70.1 Å². The molecule has 2 aliphatic rings. The summed E-state index contributed by atoms with van der Waals surface area (Å²) in [5, 5.41) is 0. The van der Waals surface area contributed by atoms with Gasteiger partial charge in [0.15, 0.2) is 0 Å². The van der Waals surface area contributed by atoms with Crippen LogP contribution in [0.25, 0.3) is 0 Å². The van der Waals surface area contributed by atoms with Crippen molar-refractivity contribution in [3.05, 3.63) is 33.8 Å². The fraction of sp³-hybridized carbons (Fsp3) is 0.650. The second-order valence-corrected chi connectivity index (χ2v) is 11.5. The molecule has 0 amide bonds. The van der Waals surface area contributed by atoms with Gasteiger partial charge >= 0.3 is 0 Å². The van der Waals surface area contributed by atoms with Gasteiger partial charge in [-0.1, -0.05) is 26.4 Å². The minimum atomic E-state index is -1.25. The van der Waals surface area contributed by atoms with E-state index in [1.165, 1.54) is 11.1 Å². The molecule has 1 spiro atoms. The summed E-state index contributed by atoms with van der Waals surface area (Å²) < 4.78 is 24.1. The quantitative estimate of drug-likeness (QED) is 0.609. The van der Waals surface area contributed by atoms with E-state index in [0.29, 0.717) is 0 Å². The highest BCUT2D eigenvalue weighted by atomic mass is 79.9. The number of fused-ring (bicyclic) bond motifs is 1. The predicted molar refractivity (Wildman–Crippen MR) is 109 cm³/mol. The maximum absolute atomic E-state index is 12.8. The molecule has 3 rings (SSSR count). The Hall–Kier alpha value is -0.360. The largest absolute Gasteiger partial charge is 0.591 e. The van der Waals surface area contributed by atoms with Crippen LogP contribution >= 0.6 is 15.9 Å². The zero-order chi connectivity index (χ0) is 18.5. The summed E-state index contributed by atoms with van der Waals surface area (Å²) in [6.07, 6.45) is 5.09. The Bertz CT molecular complexity index is 687. The Morgan fingerprint density at radius 1 is 1.20 bits per heavy atom. The highest BCUT2D eigenvalue weighted by Crippen LogP contribution is 2.51. The molecule has 0 aromatic heterocycles. The van der Waals surface area contributed by atoms with E-state index in [9.17, 15) is 4.55 Å². The van der Waals surface area contributed by atoms with Crippen molar-refractivity contribution >= 4 is 33.0 Å². The van der Waals surface area contributed by atoms with Crippen LogP contribution < -0.4 is 0 Å². The van der Waals surface area contributed by atoms with Gasteiger partial charge in [0.05, 0.1) is 5.60 Å². The summed E-state index contributed by atoms with van der Waals surface area (Å²) >= 11 is 2.34. The third-order valence-electron chi connectivity index (χ3n) is 5.81. The molecule has 1 saturated carbocycles. The zero-order valence-electron chi connectivity index (χ0n) is 15.8. The van der Waals surface area contributed by atoms with Crippen LogP contribution in [0.2, 0.25) is 0 Å². The first-order valence-corrected chi connectivity index (χ1v) is 10.8. The molecule has 0 aliphatic heterocycles. The van der Waals surface area contributed by atoms with Gasteiger partial charge in [-0.15, -0.1) is 0 Å². The summed E-state index contributed by atoms with van der Waals surface area (Å²) in [6.45, 7) is 8.15. The average molecular weight is 426 g/mol. The van der Waals surface area contributed by atoms with Gasteiger partial charge in [0.1, 0.15) is 21.8 Å². The van der Waals surface area contributed by atoms with Crippen molar-refractivity contribution in [2.75, 3.05) is 7.11 Å². The van der Waals surface area contributed by atoms with Crippen LogP contribution in [0, 0.1) is 5.41 Å². The molecule has 5 heteroatoms. The lowest BCUT2D eigenvalue weighted by Crippen LogP contribution is -2.42. The van der Waals surface area contributed by atoms with E-state index in [1.54, 1.807) is 0 Å². The Balaban J connectivity index is 2.03. The number of nitrogens with zero attached hydrogens (tertiary/aromatic N) is 1. The normalized spacial score (nSPS) is 32.2. The molecule has 1 aromatic carbocycles. The molecule has 1 unspecified atom stereocenters. The summed E-state index contributed by atoms with van der Waals surface area (Å²) in [4.78, 5) is 0. The van der Waals surface area contributed by atoms with Crippen LogP contribution in [-0.2, 0) is 22.5 Å². The third kappa shape index (κ3) is 3.71. The monoisotopic (exact) mass is 425 g/mol. The minimum absolute atomic E-state index is 0.00206. The van der Waals surface area contributed by atoms with Crippen molar-refractivity contribution in [3.8, 4) is 0 Å². The fourth-order valence-corrected chi connectivity index (χ4v) is 4.99. The lowest BCUT2D eigenvalue weighted by molar-refractivity contribution is -0.0407. The van der Waals surface area contributed by atoms with Crippen molar-refractivity contribution in [1.82, 2.24) is 0 Å². The Morgan fingerprint density at radius 3 is 2.40 bits per heavy atom. The smallest absolute Gasteiger partial charge is 0.144 e. The predicted octanol–water partition coefficient (Wildman–Crippen LogP) is 5.22. The maximum Gasteiger partial charge on any atom is 0.144 e. The molecule has 0 saturated heterocycles. The molecule has 25 heavy (non-hydrogen) atoms. The Morgan fingerprint density at radius 2 is 1.84 bits per heavy atom. The molecule has 1 aromatic rings. The number of methoxy groups -OCH3 is 1. The van der Waals surface area contributed by atoms with E-state index in [1.807, 2.05) is 27.9 Å². The first-order valence-electron chi connectivity index (χ1n) is 8.94. The maximum atomic E-state index is 12.8. The summed E-state index contributed by atoms with van der Waals surface area (Å²) in [6, 6.07) is 6.43. The van der Waals surface area contributed by atoms with Crippen molar-refractivity contribution in [1.29, 1.82) is 0 Å². The Labute approximate surface area is 163 Å². The molecule has 3 nitrogen and oxygen atoms in total. The van der Waals surface area contributed by atoms with E-state index < -0.39 is 11.4 Å². The molecule has 138 valence electrons. The minimum Gasteiger partial charge on any atom is -0.591 e. The molecule has 0 radical (unpaired) electrons. The number of ether oxygens (including phenoxy) is 1. The van der Waals surface area contributed by atoms with Gasteiger partial charge in [0.25, 0.3) is 0 Å². The van der Waals surface area contributed by atoms with Crippen molar-refractivity contribution in [3.63, 3.8) is 0 Å². The summed E-state index contributed by atoms with van der Waals surface area (Å²) in [7, 11) is 1.81. The number of rotatable bonds is 2. The van der Waals surface area contributed by atoms with E-state index in [4.69, 9.17) is 9.13 Å². The standard InChI is InChI=1S/C20H28BrNO2S/c1-18(2,3)25(23)22-17-16-12-15(21)7-6-14(16)13-20(17)10-8-19(4,24-5)9-11-20/h6-7,12H,8-11,13H2,1-5H3/b22-17+. The highest BCUT2D eigenvalue weighted by Gasteiger charge is 2.50. The van der Waals surface area contributed by atoms with Crippen molar-refractivity contribution in [2.24, 2.45) is 9.81 Å². The van der Waals surface area contributed by atoms with E-state index in [-0.39, 0.29) is 15.8 Å². The SMILES string of the molecule is COC1(C)CCC2(CC1)Cc1ccc(Br)cc1/C2=N\[S+]([O-])C(C)(C)C. The molecular weight excluding hydrogens is 398 g/mol. The third-order valence-corrected chi connectivity index (χ3v) is 7.70. The fourth-order valence-electron chi connectivity index (χ4n) is 3.90. The van der Waals surface area contributed by atoms with Crippen LogP contribution in [0.3, 0.4) is 0 Å². The van der Waals surface area contributed by atoms with Gasteiger partial charge in [0.2, 0.25) is 0 Å². The summed E-state index contributed by atoms with van der Waals surface area (Å²) in [5.74, 6) is 0. The van der Waals surface area contributed by atoms with Gasteiger partial charge in [-0.3, -0.25) is 0 Å². The van der Waals surface area contributed by atoms with Gasteiger partial charge in [-0.05, 0) is 77.5 Å². The summed E-state index contributed by atoms with van der Waals surface area (Å²) in [5.41, 5.74) is 3.51. The number of halogens is 1. The molecule has 0 N–H and O–H groups in total. The van der Waals surface area contributed by atoms with Gasteiger partial charge in [-0.2, -0.15) is 0 Å². The highest BCUT2D eigenvalue weighted by molar-refractivity contribution is 9.10. The van der Waals surface area contributed by atoms with Crippen LogP contribution in [0.1, 0.15) is 64.5 Å². The second kappa shape index (κ2) is 6.66. The molecule has 1 atom stereocenters. The topological polar surface area (TPSA) is 44.6 Å². The van der Waals surface area contributed by atoms with Crippen LogP contribution in [0.15, 0.2) is 27.1 Å². The van der Waals surface area contributed by atoms with E-state index in [0.717, 1.165) is 42.3 Å². The van der Waals surface area contributed by atoms with Gasteiger partial charge in [-0.25, -0.2) is 0 Å². The Kier molecular flexibility index (Phi) is 5.17. The lowest BCUT2D eigenvalue weighted by Gasteiger charge is -2.42. The van der Waals surface area contributed by atoms with Gasteiger partial charge < -0.3 is 9.29 Å². The van der Waals surface area contributed by atoms with E-state index >= 15 is 0 Å². The van der Waals surface area contributed by atoms with Crippen LogP contribution in [-0.4, -0.2) is 27.7 Å². The molecule has 0 bridgehead atoms. The lowest BCUT2D eigenvalue weighted by atomic mass is 9.66. The molecule has 0 heterocycles. The second-order valence-electron chi connectivity index (χ2n) is 8.71. The molecule has 1 fully saturated rings. The first-order chi connectivity index (χ1) is 11.6.